The molecule has 1 aliphatic heterocycles. The smallest absolute Gasteiger partial charge is 0.339 e. The molecule has 31 heavy (non-hydrogen) atoms. The molecule has 2 aromatic carbocycles. The minimum atomic E-state index is -0.985. The molecule has 2 heterocycles. The number of fused-ring (bicyclic) bond motifs is 2. The van der Waals surface area contributed by atoms with Gasteiger partial charge in [0.1, 0.15) is 5.75 Å². The number of pyridine rings is 1. The second kappa shape index (κ2) is 8.73. The molecule has 160 valence electrons. The quantitative estimate of drug-likeness (QED) is 0.639. The fourth-order valence-corrected chi connectivity index (χ4v) is 3.81. The number of anilines is 1. The second-order valence-corrected chi connectivity index (χ2v) is 7.65. The number of esters is 1. The van der Waals surface area contributed by atoms with E-state index in [0.717, 1.165) is 35.1 Å². The number of nitrogens with one attached hydrogen (secondary N) is 1. The highest BCUT2D eigenvalue weighted by molar-refractivity contribution is 6.06. The highest BCUT2D eigenvalue weighted by Gasteiger charge is 2.28. The maximum atomic E-state index is 13.3. The number of hydrogen-bond acceptors (Lipinski definition) is 6. The van der Waals surface area contributed by atoms with Gasteiger partial charge in [-0.25, -0.2) is 4.79 Å². The van der Waals surface area contributed by atoms with E-state index in [1.807, 2.05) is 37.4 Å². The first-order valence-electron chi connectivity index (χ1n) is 10.2. The normalized spacial score (nSPS) is 14.5. The molecule has 0 radical (unpaired) electrons. The fourth-order valence-electron chi connectivity index (χ4n) is 3.81. The number of rotatable bonds is 5. The molecule has 0 aliphatic carbocycles. The van der Waals surface area contributed by atoms with E-state index in [2.05, 4.69) is 10.2 Å². The van der Waals surface area contributed by atoms with E-state index in [-0.39, 0.29) is 0 Å². The number of ether oxygens (including phenoxy) is 2. The minimum absolute atomic E-state index is 0.429. The highest BCUT2D eigenvalue weighted by Crippen LogP contribution is 2.29. The van der Waals surface area contributed by atoms with Crippen molar-refractivity contribution in [2.24, 2.45) is 0 Å². The van der Waals surface area contributed by atoms with Crippen molar-refractivity contribution < 1.29 is 19.1 Å². The van der Waals surface area contributed by atoms with E-state index < -0.39 is 18.0 Å². The maximum Gasteiger partial charge on any atom is 0.339 e. The molecule has 0 saturated carbocycles. The van der Waals surface area contributed by atoms with Gasteiger partial charge in [-0.1, -0.05) is 30.3 Å². The average Bonchev–Trinajstić information content (AvgIpc) is 2.77. The van der Waals surface area contributed by atoms with Gasteiger partial charge in [-0.15, -0.1) is 0 Å². The van der Waals surface area contributed by atoms with Gasteiger partial charge < -0.3 is 19.7 Å². The Hall–Kier alpha value is -3.45. The number of carbonyl (C=O) groups excluding carboxylic acids is 2. The Morgan fingerprint density at radius 3 is 2.68 bits per heavy atom. The molecule has 0 saturated heterocycles. The van der Waals surface area contributed by atoms with Gasteiger partial charge in [0.05, 0.1) is 23.9 Å². The van der Waals surface area contributed by atoms with Crippen LogP contribution in [0, 0.1) is 0 Å². The maximum absolute atomic E-state index is 13.3. The predicted octanol–water partition coefficient (Wildman–Crippen LogP) is 3.42. The number of carbonyl (C=O) groups is 2. The van der Waals surface area contributed by atoms with Gasteiger partial charge in [-0.2, -0.15) is 0 Å². The van der Waals surface area contributed by atoms with Crippen molar-refractivity contribution in [2.75, 3.05) is 26.0 Å². The number of hydrogen-bond donors (Lipinski definition) is 1. The molecule has 1 atom stereocenters. The first-order chi connectivity index (χ1) is 15.0. The number of para-hydroxylation sites is 3. The van der Waals surface area contributed by atoms with Gasteiger partial charge in [-0.3, -0.25) is 9.78 Å². The molecule has 0 bridgehead atoms. The van der Waals surface area contributed by atoms with E-state index in [1.54, 1.807) is 25.1 Å². The molecular formula is C24H25N3O4. The van der Waals surface area contributed by atoms with Crippen molar-refractivity contribution >= 4 is 28.5 Å². The van der Waals surface area contributed by atoms with Crippen LogP contribution < -0.4 is 10.1 Å². The van der Waals surface area contributed by atoms with Crippen LogP contribution in [0.4, 0.5) is 5.69 Å². The zero-order valence-corrected chi connectivity index (χ0v) is 17.8. The largest absolute Gasteiger partial charge is 0.495 e. The molecule has 0 fully saturated rings. The molecule has 1 aliphatic rings. The van der Waals surface area contributed by atoms with Crippen LogP contribution >= 0.6 is 0 Å². The van der Waals surface area contributed by atoms with Crippen LogP contribution in [0.15, 0.2) is 48.5 Å². The number of amides is 1. The van der Waals surface area contributed by atoms with Crippen molar-refractivity contribution in [3.05, 3.63) is 65.4 Å². The lowest BCUT2D eigenvalue weighted by molar-refractivity contribution is -0.123. The first kappa shape index (κ1) is 20.8. The van der Waals surface area contributed by atoms with Crippen LogP contribution in [0.1, 0.15) is 28.5 Å². The monoisotopic (exact) mass is 419 g/mol. The van der Waals surface area contributed by atoms with Crippen molar-refractivity contribution in [1.82, 2.24) is 9.88 Å². The molecule has 7 heteroatoms. The Labute approximate surface area is 181 Å². The van der Waals surface area contributed by atoms with Gasteiger partial charge in [0, 0.05) is 36.2 Å². The first-order valence-corrected chi connectivity index (χ1v) is 10.2. The number of likely N-dealkylation sites (N-methyl/N-ethyl adjacent to an activating group) is 1. The number of aromatic nitrogens is 1. The summed E-state index contributed by atoms with van der Waals surface area (Å²) >= 11 is 0. The van der Waals surface area contributed by atoms with Crippen molar-refractivity contribution in [2.45, 2.75) is 26.0 Å². The highest BCUT2D eigenvalue weighted by atomic mass is 16.5. The zero-order chi connectivity index (χ0) is 22.0. The molecule has 1 amide bonds. The molecule has 4 rings (SSSR count). The van der Waals surface area contributed by atoms with Crippen LogP contribution in [0.5, 0.6) is 5.75 Å². The molecule has 0 spiro atoms. The lowest BCUT2D eigenvalue weighted by Gasteiger charge is -2.27. The summed E-state index contributed by atoms with van der Waals surface area (Å²) in [5.74, 6) is -0.415. The summed E-state index contributed by atoms with van der Waals surface area (Å²) < 4.78 is 10.9. The summed E-state index contributed by atoms with van der Waals surface area (Å²) in [6.07, 6.45) is -0.220. The molecule has 7 nitrogen and oxygen atoms in total. The summed E-state index contributed by atoms with van der Waals surface area (Å²) in [7, 11) is 3.54. The molecule has 0 unspecified atom stereocenters. The summed E-state index contributed by atoms with van der Waals surface area (Å²) in [5, 5.41) is 3.50. The summed E-state index contributed by atoms with van der Waals surface area (Å²) in [6.45, 7) is 3.05. The van der Waals surface area contributed by atoms with Crippen molar-refractivity contribution in [1.29, 1.82) is 0 Å². The number of nitrogens with zero attached hydrogens (tertiary/aromatic N) is 2. The van der Waals surface area contributed by atoms with Gasteiger partial charge in [0.2, 0.25) is 0 Å². The summed E-state index contributed by atoms with van der Waals surface area (Å²) in [4.78, 5) is 32.8. The topological polar surface area (TPSA) is 80.8 Å². The Balaban J connectivity index is 1.61. The van der Waals surface area contributed by atoms with Gasteiger partial charge in [0.15, 0.2) is 6.10 Å². The van der Waals surface area contributed by atoms with Gasteiger partial charge >= 0.3 is 5.97 Å². The second-order valence-electron chi connectivity index (χ2n) is 7.65. The van der Waals surface area contributed by atoms with Crippen LogP contribution in [-0.2, 0) is 22.5 Å². The molecule has 3 aromatic rings. The third-order valence-corrected chi connectivity index (χ3v) is 5.46. The van der Waals surface area contributed by atoms with Crippen LogP contribution in [0.25, 0.3) is 10.9 Å². The summed E-state index contributed by atoms with van der Waals surface area (Å²) in [6, 6.07) is 14.6. The van der Waals surface area contributed by atoms with E-state index >= 15 is 0 Å². The lowest BCUT2D eigenvalue weighted by atomic mass is 9.96. The Bertz CT molecular complexity index is 1140. The predicted molar refractivity (Wildman–Crippen MR) is 118 cm³/mol. The average molecular weight is 419 g/mol. The van der Waals surface area contributed by atoms with Crippen molar-refractivity contribution in [3.63, 3.8) is 0 Å². The third-order valence-electron chi connectivity index (χ3n) is 5.46. The minimum Gasteiger partial charge on any atom is -0.495 e. The van der Waals surface area contributed by atoms with Crippen molar-refractivity contribution in [3.8, 4) is 5.75 Å². The number of benzene rings is 2. The van der Waals surface area contributed by atoms with Gasteiger partial charge in [0.25, 0.3) is 5.91 Å². The molecule has 1 aromatic heterocycles. The van der Waals surface area contributed by atoms with Gasteiger partial charge in [-0.05, 0) is 32.2 Å². The SMILES string of the molecule is COc1ccccc1NC(=O)[C@@H](C)OC(=O)c1c2c(nc3ccccc13)CCN(C)C2. The Morgan fingerprint density at radius 1 is 1.13 bits per heavy atom. The Morgan fingerprint density at radius 2 is 1.87 bits per heavy atom. The van der Waals surface area contributed by atoms with E-state index in [0.29, 0.717) is 23.5 Å². The summed E-state index contributed by atoms with van der Waals surface area (Å²) in [5.41, 5.74) is 3.55. The van der Waals surface area contributed by atoms with Crippen LogP contribution in [0.2, 0.25) is 0 Å². The third kappa shape index (κ3) is 4.22. The van der Waals surface area contributed by atoms with E-state index in [1.165, 1.54) is 7.11 Å². The van der Waals surface area contributed by atoms with Crippen LogP contribution in [0.3, 0.4) is 0 Å². The fraction of sp³-hybridized carbons (Fsp3) is 0.292. The van der Waals surface area contributed by atoms with Crippen LogP contribution in [-0.4, -0.2) is 48.6 Å². The standard InChI is InChI=1S/C24H25N3O4/c1-15(23(28)26-20-10-6-7-11-21(20)30-3)31-24(29)22-16-8-4-5-9-18(16)25-19-12-13-27(2)14-17(19)22/h4-11,15H,12-14H2,1-3H3,(H,26,28)/t15-/m1/s1. The molecule has 1 N–H and O–H groups in total. The Kier molecular flexibility index (Phi) is 5.86. The number of methoxy groups -OCH3 is 1. The van der Waals surface area contributed by atoms with E-state index in [9.17, 15) is 9.59 Å². The molecular weight excluding hydrogens is 394 g/mol. The lowest BCUT2D eigenvalue weighted by Crippen LogP contribution is -2.32. The van der Waals surface area contributed by atoms with E-state index in [4.69, 9.17) is 14.5 Å². The zero-order valence-electron chi connectivity index (χ0n) is 17.8.